The van der Waals surface area contributed by atoms with Crippen molar-refractivity contribution >= 4 is 33.3 Å². The Balaban J connectivity index is 1.82. The normalized spacial score (nSPS) is 10.7. The first-order valence-corrected chi connectivity index (χ1v) is 7.32. The number of hydrogen-bond acceptors (Lipinski definition) is 5. The Hall–Kier alpha value is -2.47. The summed E-state index contributed by atoms with van der Waals surface area (Å²) in [5.74, 6) is -0.0592. The number of carbonyl (C=O) groups is 1. The molecule has 5 nitrogen and oxygen atoms in total. The molecule has 0 bridgehead atoms. The first-order chi connectivity index (χ1) is 10.2. The van der Waals surface area contributed by atoms with Gasteiger partial charge >= 0.3 is 5.97 Å². The van der Waals surface area contributed by atoms with Gasteiger partial charge in [-0.25, -0.2) is 9.97 Å². The van der Waals surface area contributed by atoms with E-state index in [0.29, 0.717) is 6.54 Å². The summed E-state index contributed by atoms with van der Waals surface area (Å²) in [5, 5.41) is 15.2. The minimum absolute atomic E-state index is 0.0233. The predicted molar refractivity (Wildman–Crippen MR) is 82.5 cm³/mol. The van der Waals surface area contributed by atoms with E-state index in [0.717, 1.165) is 27.2 Å². The van der Waals surface area contributed by atoms with Gasteiger partial charge in [-0.3, -0.25) is 4.79 Å². The van der Waals surface area contributed by atoms with Gasteiger partial charge in [0.15, 0.2) is 0 Å². The van der Waals surface area contributed by atoms with Crippen molar-refractivity contribution in [2.75, 3.05) is 5.32 Å². The van der Waals surface area contributed by atoms with Gasteiger partial charge < -0.3 is 10.4 Å². The van der Waals surface area contributed by atoms with E-state index >= 15 is 0 Å². The van der Waals surface area contributed by atoms with Gasteiger partial charge in [-0.05, 0) is 22.6 Å². The summed E-state index contributed by atoms with van der Waals surface area (Å²) in [6, 6.07) is 9.50. The number of fused-ring (bicyclic) bond motifs is 1. The molecule has 0 aliphatic heterocycles. The van der Waals surface area contributed by atoms with Gasteiger partial charge in [0.2, 0.25) is 0 Å². The summed E-state index contributed by atoms with van der Waals surface area (Å²) in [4.78, 5) is 20.3. The van der Waals surface area contributed by atoms with E-state index in [2.05, 4.69) is 15.3 Å². The maximum atomic E-state index is 10.9. The lowest BCUT2D eigenvalue weighted by Gasteiger charge is -2.10. The maximum Gasteiger partial charge on any atom is 0.307 e. The van der Waals surface area contributed by atoms with Crippen molar-refractivity contribution in [1.82, 2.24) is 9.97 Å². The molecular weight excluding hydrogens is 286 g/mol. The highest BCUT2D eigenvalue weighted by atomic mass is 32.1. The molecule has 0 atom stereocenters. The number of rotatable bonds is 5. The van der Waals surface area contributed by atoms with Crippen LogP contribution in [-0.2, 0) is 17.8 Å². The van der Waals surface area contributed by atoms with Crippen LogP contribution in [0.5, 0.6) is 0 Å². The molecule has 2 aromatic heterocycles. The van der Waals surface area contributed by atoms with Crippen molar-refractivity contribution in [3.8, 4) is 0 Å². The first kappa shape index (κ1) is 13.5. The van der Waals surface area contributed by atoms with Crippen molar-refractivity contribution in [2.24, 2.45) is 0 Å². The van der Waals surface area contributed by atoms with Crippen molar-refractivity contribution in [3.63, 3.8) is 0 Å². The molecule has 2 heterocycles. The van der Waals surface area contributed by atoms with Gasteiger partial charge in [0.1, 0.15) is 17.0 Å². The average Bonchev–Trinajstić information content (AvgIpc) is 2.95. The lowest BCUT2D eigenvalue weighted by Crippen LogP contribution is -2.08. The number of nitrogens with zero attached hydrogens (tertiary/aromatic N) is 2. The summed E-state index contributed by atoms with van der Waals surface area (Å²) in [6.45, 7) is 0.533. The number of carboxylic acids is 1. The van der Waals surface area contributed by atoms with Gasteiger partial charge in [-0.15, -0.1) is 11.3 Å². The molecule has 3 aromatic rings. The van der Waals surface area contributed by atoms with Gasteiger partial charge in [-0.2, -0.15) is 0 Å². The molecule has 0 aliphatic rings. The molecular formula is C15H13N3O2S. The monoisotopic (exact) mass is 299 g/mol. The van der Waals surface area contributed by atoms with Crippen LogP contribution < -0.4 is 5.32 Å². The second-order valence-electron chi connectivity index (χ2n) is 4.55. The molecule has 6 heteroatoms. The van der Waals surface area contributed by atoms with Crippen LogP contribution in [0.4, 0.5) is 5.82 Å². The van der Waals surface area contributed by atoms with Gasteiger partial charge in [0, 0.05) is 6.54 Å². The van der Waals surface area contributed by atoms with Gasteiger partial charge in [0.05, 0.1) is 11.8 Å². The van der Waals surface area contributed by atoms with E-state index in [4.69, 9.17) is 5.11 Å². The summed E-state index contributed by atoms with van der Waals surface area (Å²) < 4.78 is 0. The van der Waals surface area contributed by atoms with E-state index in [-0.39, 0.29) is 6.42 Å². The molecule has 0 unspecified atom stereocenters. The molecule has 0 radical (unpaired) electrons. The number of thiophene rings is 1. The Bertz CT molecular complexity index is 785. The molecule has 0 saturated heterocycles. The molecule has 0 saturated carbocycles. The molecule has 2 N–H and O–H groups in total. The Kier molecular flexibility index (Phi) is 3.79. The lowest BCUT2D eigenvalue weighted by atomic mass is 10.0. The summed E-state index contributed by atoms with van der Waals surface area (Å²) in [7, 11) is 0. The summed E-state index contributed by atoms with van der Waals surface area (Å²) in [6.07, 6.45) is 1.56. The maximum absolute atomic E-state index is 10.9. The second kappa shape index (κ2) is 5.88. The molecule has 21 heavy (non-hydrogen) atoms. The van der Waals surface area contributed by atoms with Crippen molar-refractivity contribution in [3.05, 3.63) is 53.2 Å². The van der Waals surface area contributed by atoms with Crippen LogP contribution in [0.25, 0.3) is 10.2 Å². The number of aromatic nitrogens is 2. The van der Waals surface area contributed by atoms with Crippen molar-refractivity contribution in [1.29, 1.82) is 0 Å². The van der Waals surface area contributed by atoms with Crippen LogP contribution >= 0.6 is 11.3 Å². The largest absolute Gasteiger partial charge is 0.481 e. The third-order valence-corrected chi connectivity index (χ3v) is 3.99. The molecule has 0 spiro atoms. The Morgan fingerprint density at radius 2 is 2.00 bits per heavy atom. The van der Waals surface area contributed by atoms with Crippen LogP contribution in [0.3, 0.4) is 0 Å². The Labute approximate surface area is 125 Å². The zero-order valence-electron chi connectivity index (χ0n) is 11.1. The highest BCUT2D eigenvalue weighted by Crippen LogP contribution is 2.24. The topological polar surface area (TPSA) is 75.1 Å². The quantitative estimate of drug-likeness (QED) is 0.757. The van der Waals surface area contributed by atoms with E-state index in [1.54, 1.807) is 11.3 Å². The van der Waals surface area contributed by atoms with Gasteiger partial charge in [0.25, 0.3) is 0 Å². The van der Waals surface area contributed by atoms with E-state index in [9.17, 15) is 4.79 Å². The number of nitrogens with one attached hydrogen (secondary N) is 1. The fraction of sp³-hybridized carbons (Fsp3) is 0.133. The summed E-state index contributed by atoms with van der Waals surface area (Å²) in [5.41, 5.74) is 1.77. The fourth-order valence-electron chi connectivity index (χ4n) is 2.18. The smallest absolute Gasteiger partial charge is 0.307 e. The summed E-state index contributed by atoms with van der Waals surface area (Å²) >= 11 is 1.57. The SMILES string of the molecule is O=C(O)Cc1ccccc1CNc1ncnc2sccc12. The Morgan fingerprint density at radius 1 is 1.19 bits per heavy atom. The molecule has 106 valence electrons. The molecule has 1 aromatic carbocycles. The highest BCUT2D eigenvalue weighted by molar-refractivity contribution is 7.16. The zero-order valence-corrected chi connectivity index (χ0v) is 11.9. The lowest BCUT2D eigenvalue weighted by molar-refractivity contribution is -0.136. The van der Waals surface area contributed by atoms with Crippen LogP contribution in [0.15, 0.2) is 42.0 Å². The highest BCUT2D eigenvalue weighted by Gasteiger charge is 2.08. The van der Waals surface area contributed by atoms with E-state index in [1.807, 2.05) is 35.7 Å². The molecule has 0 fully saturated rings. The minimum Gasteiger partial charge on any atom is -0.481 e. The first-order valence-electron chi connectivity index (χ1n) is 6.44. The van der Waals surface area contributed by atoms with E-state index in [1.165, 1.54) is 6.33 Å². The third-order valence-electron chi connectivity index (χ3n) is 3.17. The van der Waals surface area contributed by atoms with Crippen molar-refractivity contribution < 1.29 is 9.90 Å². The standard InChI is InChI=1S/C15H13N3O2S/c19-13(20)7-10-3-1-2-4-11(10)8-16-14-12-5-6-21-15(12)18-9-17-14/h1-6,9H,7-8H2,(H,19,20)(H,16,17,18). The van der Waals surface area contributed by atoms with Crippen LogP contribution in [0.1, 0.15) is 11.1 Å². The number of carboxylic acid groups (broad SMARTS) is 1. The fourth-order valence-corrected chi connectivity index (χ4v) is 2.91. The number of anilines is 1. The zero-order chi connectivity index (χ0) is 14.7. The van der Waals surface area contributed by atoms with Crippen LogP contribution in [0, 0.1) is 0 Å². The number of benzene rings is 1. The molecule has 3 rings (SSSR count). The van der Waals surface area contributed by atoms with E-state index < -0.39 is 5.97 Å². The molecule has 0 amide bonds. The van der Waals surface area contributed by atoms with Crippen LogP contribution in [-0.4, -0.2) is 21.0 Å². The van der Waals surface area contributed by atoms with Crippen molar-refractivity contribution in [2.45, 2.75) is 13.0 Å². The second-order valence-corrected chi connectivity index (χ2v) is 5.45. The minimum atomic E-state index is -0.829. The average molecular weight is 299 g/mol. The predicted octanol–water partition coefficient (Wildman–Crippen LogP) is 2.93. The Morgan fingerprint density at radius 3 is 2.81 bits per heavy atom. The van der Waals surface area contributed by atoms with Gasteiger partial charge in [-0.1, -0.05) is 24.3 Å². The van der Waals surface area contributed by atoms with Crippen LogP contribution in [0.2, 0.25) is 0 Å². The third kappa shape index (κ3) is 3.00. The number of aliphatic carboxylic acids is 1. The number of hydrogen-bond donors (Lipinski definition) is 2. The molecule has 0 aliphatic carbocycles.